The van der Waals surface area contributed by atoms with Crippen molar-refractivity contribution in [2.75, 3.05) is 0 Å². The quantitative estimate of drug-likeness (QED) is 0.636. The second kappa shape index (κ2) is 6.99. The number of benzene rings is 1. The summed E-state index contributed by atoms with van der Waals surface area (Å²) in [6.45, 7) is 4.64. The predicted molar refractivity (Wildman–Crippen MR) is 87.9 cm³/mol. The van der Waals surface area contributed by atoms with Gasteiger partial charge in [-0.3, -0.25) is 16.0 Å². The van der Waals surface area contributed by atoms with E-state index in [1.54, 1.807) is 6.07 Å². The number of hydrazine groups is 1. The van der Waals surface area contributed by atoms with Gasteiger partial charge in [0.25, 0.3) is 0 Å². The van der Waals surface area contributed by atoms with Crippen LogP contribution < -0.4 is 11.3 Å². The van der Waals surface area contributed by atoms with Crippen molar-refractivity contribution in [3.05, 3.63) is 50.2 Å². The molecule has 0 radical (unpaired) electrons. The highest BCUT2D eigenvalue weighted by Crippen LogP contribution is 2.32. The minimum atomic E-state index is -0.199. The average Bonchev–Trinajstić information content (AvgIpc) is 2.75. The molecule has 1 unspecified atom stereocenters. The van der Waals surface area contributed by atoms with E-state index in [1.165, 1.54) is 0 Å². The number of rotatable bonds is 5. The van der Waals surface area contributed by atoms with Crippen LogP contribution in [0.3, 0.4) is 0 Å². The van der Waals surface area contributed by atoms with Crippen LogP contribution in [0.4, 0.5) is 0 Å². The second-order valence-corrected chi connectivity index (χ2v) is 5.89. The summed E-state index contributed by atoms with van der Waals surface area (Å²) in [5.41, 5.74) is 5.35. The Morgan fingerprint density at radius 2 is 2.00 bits per heavy atom. The summed E-state index contributed by atoms with van der Waals surface area (Å²) >= 11 is 18.7. The van der Waals surface area contributed by atoms with E-state index < -0.39 is 0 Å². The van der Waals surface area contributed by atoms with E-state index in [9.17, 15) is 0 Å². The number of hydrogen-bond donors (Lipinski definition) is 2. The third-order valence-electron chi connectivity index (χ3n) is 3.41. The van der Waals surface area contributed by atoms with Gasteiger partial charge in [0.15, 0.2) is 0 Å². The van der Waals surface area contributed by atoms with Crippen molar-refractivity contribution in [2.24, 2.45) is 5.84 Å². The molecule has 1 aromatic carbocycles. The number of nitrogens with one attached hydrogen (secondary N) is 1. The molecule has 4 nitrogen and oxygen atoms in total. The van der Waals surface area contributed by atoms with Crippen LogP contribution >= 0.6 is 34.8 Å². The van der Waals surface area contributed by atoms with Crippen molar-refractivity contribution >= 4 is 34.8 Å². The molecule has 0 fully saturated rings. The van der Waals surface area contributed by atoms with Gasteiger partial charge in [0.1, 0.15) is 0 Å². The lowest BCUT2D eigenvalue weighted by atomic mass is 10.0. The van der Waals surface area contributed by atoms with Crippen LogP contribution in [0.5, 0.6) is 0 Å². The molecule has 7 heteroatoms. The van der Waals surface area contributed by atoms with Gasteiger partial charge < -0.3 is 0 Å². The van der Waals surface area contributed by atoms with E-state index in [0.717, 1.165) is 23.5 Å². The summed E-state index contributed by atoms with van der Waals surface area (Å²) < 4.78 is 1.88. The highest BCUT2D eigenvalue weighted by molar-refractivity contribution is 6.42. The van der Waals surface area contributed by atoms with E-state index in [-0.39, 0.29) is 6.04 Å². The molecule has 2 aromatic rings. The first kappa shape index (κ1) is 16.6. The molecule has 3 N–H and O–H groups in total. The third-order valence-corrected chi connectivity index (χ3v) is 4.73. The first-order chi connectivity index (χ1) is 9.99. The van der Waals surface area contributed by atoms with Gasteiger partial charge in [0, 0.05) is 13.0 Å². The summed E-state index contributed by atoms with van der Waals surface area (Å²) in [6, 6.07) is 5.29. The maximum absolute atomic E-state index is 6.34. The predicted octanol–water partition coefficient (Wildman–Crippen LogP) is 3.92. The number of nitrogens with two attached hydrogens (primary N) is 1. The van der Waals surface area contributed by atoms with Gasteiger partial charge in [-0.15, -0.1) is 0 Å². The number of aromatic nitrogens is 2. The lowest BCUT2D eigenvalue weighted by Crippen LogP contribution is -2.30. The number of halogens is 3. The van der Waals surface area contributed by atoms with Crippen molar-refractivity contribution in [2.45, 2.75) is 32.9 Å². The minimum Gasteiger partial charge on any atom is -0.271 e. The van der Waals surface area contributed by atoms with E-state index in [2.05, 4.69) is 10.5 Å². The zero-order valence-corrected chi connectivity index (χ0v) is 14.1. The molecular weight excluding hydrogens is 331 g/mol. The third kappa shape index (κ3) is 3.35. The standard InChI is InChI=1S/C14H17Cl3N4/c1-3-21-12(13(16)8(2)20-21)7-11(19-18)9-5-4-6-10(15)14(9)17/h4-6,11,19H,3,7,18H2,1-2H3. The van der Waals surface area contributed by atoms with Gasteiger partial charge in [-0.25, -0.2) is 0 Å². The fourth-order valence-corrected chi connectivity index (χ4v) is 2.96. The molecular formula is C14H17Cl3N4. The van der Waals surface area contributed by atoms with Crippen LogP contribution in [-0.4, -0.2) is 9.78 Å². The smallest absolute Gasteiger partial charge is 0.0847 e. The van der Waals surface area contributed by atoms with Gasteiger partial charge in [0.05, 0.1) is 32.5 Å². The zero-order valence-electron chi connectivity index (χ0n) is 11.8. The van der Waals surface area contributed by atoms with Crippen molar-refractivity contribution in [1.82, 2.24) is 15.2 Å². The molecule has 0 saturated heterocycles. The van der Waals surface area contributed by atoms with Crippen molar-refractivity contribution < 1.29 is 0 Å². The average molecular weight is 348 g/mol. The lowest BCUT2D eigenvalue weighted by Gasteiger charge is -2.19. The fourth-order valence-electron chi connectivity index (χ4n) is 2.31. The Balaban J connectivity index is 2.38. The highest BCUT2D eigenvalue weighted by atomic mass is 35.5. The fraction of sp³-hybridized carbons (Fsp3) is 0.357. The van der Waals surface area contributed by atoms with Crippen molar-refractivity contribution in [1.29, 1.82) is 0 Å². The van der Waals surface area contributed by atoms with Gasteiger partial charge in [-0.2, -0.15) is 5.10 Å². The largest absolute Gasteiger partial charge is 0.271 e. The normalized spacial score (nSPS) is 12.7. The molecule has 0 aliphatic heterocycles. The Hall–Kier alpha value is -0.780. The van der Waals surface area contributed by atoms with Crippen LogP contribution in [0.15, 0.2) is 18.2 Å². The molecule has 0 bridgehead atoms. The summed E-state index contributed by atoms with van der Waals surface area (Å²) in [4.78, 5) is 0. The van der Waals surface area contributed by atoms with Crippen LogP contribution in [0.25, 0.3) is 0 Å². The van der Waals surface area contributed by atoms with Gasteiger partial charge in [0.2, 0.25) is 0 Å². The topological polar surface area (TPSA) is 55.9 Å². The van der Waals surface area contributed by atoms with Crippen LogP contribution in [0.2, 0.25) is 15.1 Å². The Kier molecular flexibility index (Phi) is 5.52. The minimum absolute atomic E-state index is 0.199. The Morgan fingerprint density at radius 3 is 2.62 bits per heavy atom. The molecule has 0 saturated carbocycles. The second-order valence-electron chi connectivity index (χ2n) is 4.73. The lowest BCUT2D eigenvalue weighted by molar-refractivity contribution is 0.517. The number of hydrogen-bond acceptors (Lipinski definition) is 3. The molecule has 0 aliphatic carbocycles. The van der Waals surface area contributed by atoms with Gasteiger partial charge in [-0.05, 0) is 25.5 Å². The molecule has 2 rings (SSSR count). The van der Waals surface area contributed by atoms with Crippen LogP contribution in [0.1, 0.15) is 29.9 Å². The van der Waals surface area contributed by atoms with E-state index in [4.69, 9.17) is 40.6 Å². The highest BCUT2D eigenvalue weighted by Gasteiger charge is 2.21. The zero-order chi connectivity index (χ0) is 15.6. The summed E-state index contributed by atoms with van der Waals surface area (Å²) in [5.74, 6) is 5.70. The number of nitrogens with zero attached hydrogens (tertiary/aromatic N) is 2. The molecule has 114 valence electrons. The molecule has 0 amide bonds. The van der Waals surface area contributed by atoms with Crippen LogP contribution in [-0.2, 0) is 13.0 Å². The molecule has 1 aromatic heterocycles. The van der Waals surface area contributed by atoms with Crippen molar-refractivity contribution in [3.63, 3.8) is 0 Å². The Labute approximate surface area is 139 Å². The van der Waals surface area contributed by atoms with Crippen molar-refractivity contribution in [3.8, 4) is 0 Å². The first-order valence-corrected chi connectivity index (χ1v) is 7.74. The van der Waals surface area contributed by atoms with E-state index >= 15 is 0 Å². The van der Waals surface area contributed by atoms with E-state index in [1.807, 2.05) is 30.7 Å². The summed E-state index contributed by atoms with van der Waals surface area (Å²) in [7, 11) is 0. The maximum Gasteiger partial charge on any atom is 0.0847 e. The Bertz CT molecular complexity index is 639. The van der Waals surface area contributed by atoms with Crippen LogP contribution in [0, 0.1) is 6.92 Å². The Morgan fingerprint density at radius 1 is 1.29 bits per heavy atom. The summed E-state index contributed by atoms with van der Waals surface area (Å²) in [6.07, 6.45) is 0.573. The van der Waals surface area contributed by atoms with Gasteiger partial charge in [-0.1, -0.05) is 46.9 Å². The maximum atomic E-state index is 6.34. The van der Waals surface area contributed by atoms with Gasteiger partial charge >= 0.3 is 0 Å². The molecule has 0 spiro atoms. The molecule has 1 atom stereocenters. The monoisotopic (exact) mass is 346 g/mol. The molecule has 0 aliphatic rings. The SMILES string of the molecule is CCn1nc(C)c(Cl)c1CC(NN)c1cccc(Cl)c1Cl. The summed E-state index contributed by atoms with van der Waals surface area (Å²) in [5, 5.41) is 6.07. The number of aryl methyl sites for hydroxylation is 2. The molecule has 1 heterocycles. The molecule has 21 heavy (non-hydrogen) atoms. The first-order valence-electron chi connectivity index (χ1n) is 6.61. The van der Waals surface area contributed by atoms with E-state index in [0.29, 0.717) is 21.5 Å².